The Balaban J connectivity index is 2.43. The maximum absolute atomic E-state index is 12.5. The van der Waals surface area contributed by atoms with Gasteiger partial charge in [-0.2, -0.15) is 5.10 Å². The van der Waals surface area contributed by atoms with Gasteiger partial charge in [-0.25, -0.2) is 9.48 Å². The summed E-state index contributed by atoms with van der Waals surface area (Å²) in [5.41, 5.74) is 1.32. The normalized spacial score (nSPS) is 13.1. The van der Waals surface area contributed by atoms with E-state index >= 15 is 0 Å². The molecule has 0 saturated heterocycles. The van der Waals surface area contributed by atoms with Crippen molar-refractivity contribution < 1.29 is 14.3 Å². The number of aliphatic carboxylic acids is 1. The maximum Gasteiger partial charge on any atom is 0.328 e. The second kappa shape index (κ2) is 4.47. The Bertz CT molecular complexity index is 916. The minimum absolute atomic E-state index is 0.378. The van der Waals surface area contributed by atoms with Crippen LogP contribution in [0.15, 0.2) is 21.3 Å². The molecule has 3 aromatic heterocycles. The summed E-state index contributed by atoms with van der Waals surface area (Å²) in [6.07, 6.45) is 0.567. The van der Waals surface area contributed by atoms with Crippen LogP contribution in [0.4, 0.5) is 0 Å². The summed E-state index contributed by atoms with van der Waals surface area (Å²) >= 11 is 0. The quantitative estimate of drug-likeness (QED) is 0.793. The zero-order valence-electron chi connectivity index (χ0n) is 12.0. The largest absolute Gasteiger partial charge is 0.480 e. The first-order valence-corrected chi connectivity index (χ1v) is 6.70. The van der Waals surface area contributed by atoms with Crippen LogP contribution in [0.1, 0.15) is 31.5 Å². The average Bonchev–Trinajstić information content (AvgIpc) is 2.95. The molecule has 3 rings (SSSR count). The highest BCUT2D eigenvalue weighted by atomic mass is 16.4. The summed E-state index contributed by atoms with van der Waals surface area (Å²) in [4.78, 5) is 23.6. The topological polar surface area (TPSA) is 89.7 Å². The van der Waals surface area contributed by atoms with E-state index in [1.54, 1.807) is 10.5 Å². The lowest BCUT2D eigenvalue weighted by atomic mass is 10.3. The van der Waals surface area contributed by atoms with E-state index in [1.165, 1.54) is 6.92 Å². The van der Waals surface area contributed by atoms with Crippen LogP contribution in [0, 0.1) is 6.92 Å². The van der Waals surface area contributed by atoms with E-state index in [9.17, 15) is 9.59 Å². The predicted octanol–water partition coefficient (Wildman–Crippen LogP) is 1.76. The lowest BCUT2D eigenvalue weighted by Crippen LogP contribution is -2.32. The molecule has 0 aliphatic rings. The number of carbonyl (C=O) groups is 1. The standard InChI is InChI=1S/C14H15N3O4/c1-4-12-15-17(8(3)14(19)20)13(18)10-6-11-9(16(10)12)5-7(2)21-11/h5-6,8H,4H2,1-3H3,(H,19,20)/t8-/m1/s1. The number of aryl methyl sites for hydroxylation is 2. The van der Waals surface area contributed by atoms with Gasteiger partial charge < -0.3 is 9.52 Å². The zero-order valence-corrected chi connectivity index (χ0v) is 12.0. The Morgan fingerprint density at radius 1 is 1.43 bits per heavy atom. The van der Waals surface area contributed by atoms with Crippen molar-refractivity contribution in [3.63, 3.8) is 0 Å². The SMILES string of the molecule is CCc1nn([C@H](C)C(=O)O)c(=O)c2cc3oc(C)cc3n12. The van der Waals surface area contributed by atoms with E-state index in [-0.39, 0.29) is 0 Å². The van der Waals surface area contributed by atoms with Crippen molar-refractivity contribution in [3.8, 4) is 0 Å². The lowest BCUT2D eigenvalue weighted by Gasteiger charge is -2.12. The van der Waals surface area contributed by atoms with E-state index in [1.807, 2.05) is 19.9 Å². The zero-order chi connectivity index (χ0) is 15.3. The molecule has 3 heterocycles. The highest BCUT2D eigenvalue weighted by Gasteiger charge is 2.21. The van der Waals surface area contributed by atoms with E-state index < -0.39 is 17.6 Å². The lowest BCUT2D eigenvalue weighted by molar-refractivity contribution is -0.140. The summed E-state index contributed by atoms with van der Waals surface area (Å²) in [7, 11) is 0. The number of nitrogens with zero attached hydrogens (tertiary/aromatic N) is 3. The van der Waals surface area contributed by atoms with Crippen molar-refractivity contribution >= 4 is 22.6 Å². The van der Waals surface area contributed by atoms with Gasteiger partial charge in [0.05, 0.1) is 5.52 Å². The second-order valence-electron chi connectivity index (χ2n) is 5.01. The molecule has 1 N–H and O–H groups in total. The van der Waals surface area contributed by atoms with E-state index in [0.717, 1.165) is 16.0 Å². The minimum Gasteiger partial charge on any atom is -0.480 e. The van der Waals surface area contributed by atoms with Crippen LogP contribution in [-0.2, 0) is 11.2 Å². The molecule has 1 atom stereocenters. The van der Waals surface area contributed by atoms with Crippen molar-refractivity contribution in [2.75, 3.05) is 0 Å². The van der Waals surface area contributed by atoms with Gasteiger partial charge in [-0.05, 0) is 13.8 Å². The van der Waals surface area contributed by atoms with Crippen molar-refractivity contribution in [3.05, 3.63) is 34.1 Å². The molecule has 0 radical (unpaired) electrons. The van der Waals surface area contributed by atoms with Gasteiger partial charge in [0.1, 0.15) is 17.1 Å². The third kappa shape index (κ3) is 1.84. The van der Waals surface area contributed by atoms with E-state index in [0.29, 0.717) is 23.3 Å². The van der Waals surface area contributed by atoms with Gasteiger partial charge in [-0.3, -0.25) is 9.20 Å². The van der Waals surface area contributed by atoms with Crippen molar-refractivity contribution in [1.29, 1.82) is 0 Å². The molecule has 7 heteroatoms. The number of furan rings is 1. The molecule has 0 aliphatic heterocycles. The fraction of sp³-hybridized carbons (Fsp3) is 0.357. The molecule has 0 aromatic carbocycles. The summed E-state index contributed by atoms with van der Waals surface area (Å²) < 4.78 is 8.29. The molecular formula is C14H15N3O4. The first-order chi connectivity index (χ1) is 9.93. The van der Waals surface area contributed by atoms with Gasteiger partial charge in [0.15, 0.2) is 11.6 Å². The number of hydrogen-bond donors (Lipinski definition) is 1. The Morgan fingerprint density at radius 3 is 2.76 bits per heavy atom. The van der Waals surface area contributed by atoms with Gasteiger partial charge >= 0.3 is 5.97 Å². The summed E-state index contributed by atoms with van der Waals surface area (Å²) in [6.45, 7) is 5.17. The molecule has 21 heavy (non-hydrogen) atoms. The number of hydrogen-bond acceptors (Lipinski definition) is 4. The molecule has 0 amide bonds. The van der Waals surface area contributed by atoms with Gasteiger partial charge in [-0.15, -0.1) is 0 Å². The van der Waals surface area contributed by atoms with Crippen LogP contribution in [0.5, 0.6) is 0 Å². The highest BCUT2D eigenvalue weighted by molar-refractivity contribution is 5.83. The molecule has 0 saturated carbocycles. The molecule has 0 aliphatic carbocycles. The first kappa shape index (κ1) is 13.4. The van der Waals surface area contributed by atoms with Crippen LogP contribution >= 0.6 is 0 Å². The van der Waals surface area contributed by atoms with E-state index in [2.05, 4.69) is 5.10 Å². The molecule has 3 aromatic rings. The maximum atomic E-state index is 12.5. The Morgan fingerprint density at radius 2 is 2.14 bits per heavy atom. The Labute approximate surface area is 119 Å². The van der Waals surface area contributed by atoms with Crippen LogP contribution in [0.2, 0.25) is 0 Å². The van der Waals surface area contributed by atoms with Gasteiger partial charge in [0, 0.05) is 18.6 Å². The van der Waals surface area contributed by atoms with Crippen molar-refractivity contribution in [1.82, 2.24) is 14.2 Å². The molecule has 0 spiro atoms. The molecule has 110 valence electrons. The number of rotatable bonds is 3. The third-order valence-corrected chi connectivity index (χ3v) is 3.56. The Kier molecular flexibility index (Phi) is 2.86. The fourth-order valence-electron chi connectivity index (χ4n) is 2.48. The van der Waals surface area contributed by atoms with Gasteiger partial charge in [0.25, 0.3) is 5.56 Å². The molecule has 0 bridgehead atoms. The van der Waals surface area contributed by atoms with E-state index in [4.69, 9.17) is 9.52 Å². The predicted molar refractivity (Wildman–Crippen MR) is 75.7 cm³/mol. The molecule has 7 nitrogen and oxygen atoms in total. The second-order valence-corrected chi connectivity index (χ2v) is 5.01. The fourth-order valence-corrected chi connectivity index (χ4v) is 2.48. The van der Waals surface area contributed by atoms with Crippen LogP contribution in [-0.4, -0.2) is 25.3 Å². The number of aromatic nitrogens is 3. The summed E-state index contributed by atoms with van der Waals surface area (Å²) in [5, 5.41) is 13.3. The van der Waals surface area contributed by atoms with Crippen LogP contribution in [0.3, 0.4) is 0 Å². The van der Waals surface area contributed by atoms with Crippen molar-refractivity contribution in [2.45, 2.75) is 33.2 Å². The van der Waals surface area contributed by atoms with Crippen molar-refractivity contribution in [2.24, 2.45) is 0 Å². The molecule has 0 fully saturated rings. The summed E-state index contributed by atoms with van der Waals surface area (Å²) in [6, 6.07) is 2.46. The first-order valence-electron chi connectivity index (χ1n) is 6.70. The smallest absolute Gasteiger partial charge is 0.328 e. The van der Waals surface area contributed by atoms with Crippen LogP contribution in [0.25, 0.3) is 16.6 Å². The number of carboxylic acids is 1. The average molecular weight is 289 g/mol. The Hall–Kier alpha value is -2.57. The molecular weight excluding hydrogens is 274 g/mol. The minimum atomic E-state index is -1.10. The monoisotopic (exact) mass is 289 g/mol. The number of carboxylic acid groups (broad SMARTS) is 1. The van der Waals surface area contributed by atoms with Gasteiger partial charge in [0.2, 0.25) is 0 Å². The number of fused-ring (bicyclic) bond motifs is 3. The van der Waals surface area contributed by atoms with Gasteiger partial charge in [-0.1, -0.05) is 6.92 Å². The van der Waals surface area contributed by atoms with Crippen LogP contribution < -0.4 is 5.56 Å². The highest BCUT2D eigenvalue weighted by Crippen LogP contribution is 2.23. The molecule has 0 unspecified atom stereocenters. The third-order valence-electron chi connectivity index (χ3n) is 3.56. The summed E-state index contributed by atoms with van der Waals surface area (Å²) in [5.74, 6) is 0.273.